The summed E-state index contributed by atoms with van der Waals surface area (Å²) >= 11 is 0. The number of nitriles is 1. The molecule has 3 heterocycles. The normalized spacial score (nSPS) is 21.7. The Bertz CT molecular complexity index is 1210. The van der Waals surface area contributed by atoms with E-state index in [0.717, 1.165) is 29.7 Å². The van der Waals surface area contributed by atoms with Crippen molar-refractivity contribution in [2.45, 2.75) is 45.0 Å². The number of hydrogen-bond donors (Lipinski definition) is 1. The van der Waals surface area contributed by atoms with Gasteiger partial charge in [0.2, 0.25) is 5.88 Å². The van der Waals surface area contributed by atoms with Crippen molar-refractivity contribution in [3.8, 4) is 34.8 Å². The maximum atomic E-state index is 9.71. The second kappa shape index (κ2) is 7.16. The number of rotatable bonds is 0. The summed E-state index contributed by atoms with van der Waals surface area (Å²) in [7, 11) is 1.69. The summed E-state index contributed by atoms with van der Waals surface area (Å²) in [6, 6.07) is 8.16. The molecule has 2 aromatic heterocycles. The van der Waals surface area contributed by atoms with Crippen LogP contribution < -0.4 is 19.9 Å². The Morgan fingerprint density at radius 1 is 1.16 bits per heavy atom. The van der Waals surface area contributed by atoms with E-state index in [0.29, 0.717) is 22.8 Å². The summed E-state index contributed by atoms with van der Waals surface area (Å²) in [6.07, 6.45) is 2.49. The van der Waals surface area contributed by atoms with Crippen LogP contribution >= 0.6 is 0 Å². The molecular formula is C22H22N6O3. The van der Waals surface area contributed by atoms with Crippen LogP contribution in [0.1, 0.15) is 42.7 Å². The van der Waals surface area contributed by atoms with Crippen LogP contribution in [0.2, 0.25) is 0 Å². The molecule has 1 fully saturated rings. The molecule has 1 saturated carbocycles. The van der Waals surface area contributed by atoms with Gasteiger partial charge in [-0.15, -0.1) is 5.10 Å². The van der Waals surface area contributed by atoms with Crippen LogP contribution in [0, 0.1) is 18.3 Å². The summed E-state index contributed by atoms with van der Waals surface area (Å²) in [5.74, 6) is 1.39. The van der Waals surface area contributed by atoms with Gasteiger partial charge in [-0.25, -0.2) is 9.97 Å². The molecule has 31 heavy (non-hydrogen) atoms. The highest BCUT2D eigenvalue weighted by atomic mass is 16.6. The van der Waals surface area contributed by atoms with E-state index >= 15 is 0 Å². The third kappa shape index (κ3) is 3.20. The number of ether oxygens (including phenoxy) is 3. The number of hydrogen-bond acceptors (Lipinski definition) is 8. The van der Waals surface area contributed by atoms with Gasteiger partial charge in [0.05, 0.1) is 6.20 Å². The lowest BCUT2D eigenvalue weighted by atomic mass is 9.91. The molecule has 2 aliphatic rings. The van der Waals surface area contributed by atoms with E-state index in [2.05, 4.69) is 21.1 Å². The van der Waals surface area contributed by atoms with Crippen molar-refractivity contribution in [1.29, 1.82) is 5.26 Å². The lowest BCUT2D eigenvalue weighted by Gasteiger charge is -2.36. The molecule has 158 valence electrons. The highest BCUT2D eigenvalue weighted by Crippen LogP contribution is 2.40. The molecular weight excluding hydrogens is 396 g/mol. The first-order chi connectivity index (χ1) is 14.9. The van der Waals surface area contributed by atoms with Crippen molar-refractivity contribution in [1.82, 2.24) is 19.7 Å². The molecule has 2 bridgehead atoms. The van der Waals surface area contributed by atoms with Crippen molar-refractivity contribution in [3.05, 3.63) is 41.2 Å². The number of aryl methyl sites for hydroxylation is 2. The largest absolute Gasteiger partial charge is 0.486 e. The molecule has 2 unspecified atom stereocenters. The van der Waals surface area contributed by atoms with Crippen LogP contribution in [0.3, 0.4) is 0 Å². The first-order valence-corrected chi connectivity index (χ1v) is 10.1. The Hall–Kier alpha value is -3.80. The minimum atomic E-state index is -0.384. The quantitative estimate of drug-likeness (QED) is 0.591. The predicted octanol–water partition coefficient (Wildman–Crippen LogP) is 3.08. The molecule has 9 heteroatoms. The third-order valence-electron chi connectivity index (χ3n) is 5.73. The van der Waals surface area contributed by atoms with Gasteiger partial charge in [-0.05, 0) is 38.8 Å². The van der Waals surface area contributed by atoms with Crippen LogP contribution in [-0.4, -0.2) is 32.0 Å². The number of nitrogens with zero attached hydrogens (tertiary/aromatic N) is 5. The fraction of sp³-hybridized carbons (Fsp3) is 0.364. The number of anilines is 1. The number of benzene rings is 1. The van der Waals surface area contributed by atoms with Crippen molar-refractivity contribution in [2.75, 3.05) is 5.73 Å². The Morgan fingerprint density at radius 2 is 1.94 bits per heavy atom. The second-order valence-electron chi connectivity index (χ2n) is 7.90. The molecule has 9 nitrogen and oxygen atoms in total. The fourth-order valence-corrected chi connectivity index (χ4v) is 3.87. The zero-order chi connectivity index (χ0) is 21.7. The zero-order valence-corrected chi connectivity index (χ0v) is 17.5. The van der Waals surface area contributed by atoms with E-state index in [9.17, 15) is 5.26 Å². The first-order valence-electron chi connectivity index (χ1n) is 10.1. The molecule has 0 radical (unpaired) electrons. The summed E-state index contributed by atoms with van der Waals surface area (Å²) in [5, 5.41) is 14.1. The van der Waals surface area contributed by atoms with Gasteiger partial charge < -0.3 is 19.9 Å². The van der Waals surface area contributed by atoms with Crippen LogP contribution in [0.5, 0.6) is 17.5 Å². The van der Waals surface area contributed by atoms with Crippen molar-refractivity contribution >= 4 is 5.82 Å². The molecule has 0 amide bonds. The van der Waals surface area contributed by atoms with E-state index in [4.69, 9.17) is 19.9 Å². The number of nitrogens with two attached hydrogens (primary N) is 1. The second-order valence-corrected chi connectivity index (χ2v) is 7.90. The Balaban J connectivity index is 1.69. The van der Waals surface area contributed by atoms with E-state index in [1.807, 2.05) is 32.0 Å². The third-order valence-corrected chi connectivity index (χ3v) is 5.73. The van der Waals surface area contributed by atoms with Gasteiger partial charge in [0.15, 0.2) is 11.5 Å². The highest BCUT2D eigenvalue weighted by molar-refractivity contribution is 5.71. The van der Waals surface area contributed by atoms with Crippen molar-refractivity contribution in [3.63, 3.8) is 0 Å². The van der Waals surface area contributed by atoms with Crippen LogP contribution in [-0.2, 0) is 7.05 Å². The smallest absolute Gasteiger partial charge is 0.258 e. The number of fused-ring (bicyclic) bond motifs is 6. The van der Waals surface area contributed by atoms with Crippen LogP contribution in [0.25, 0.3) is 11.3 Å². The van der Waals surface area contributed by atoms with Gasteiger partial charge in [0, 0.05) is 12.6 Å². The topological polar surface area (TPSA) is 121 Å². The predicted molar refractivity (Wildman–Crippen MR) is 112 cm³/mol. The molecule has 5 rings (SSSR count). The van der Waals surface area contributed by atoms with Crippen molar-refractivity contribution < 1.29 is 14.2 Å². The Morgan fingerprint density at radius 3 is 2.68 bits per heavy atom. The molecule has 3 aromatic rings. The number of nitrogen functional groups attached to an aromatic ring is 1. The highest BCUT2D eigenvalue weighted by Gasteiger charge is 2.38. The monoisotopic (exact) mass is 418 g/mol. The van der Waals surface area contributed by atoms with Gasteiger partial charge in [-0.2, -0.15) is 5.26 Å². The van der Waals surface area contributed by atoms with Crippen LogP contribution in [0.4, 0.5) is 5.82 Å². The molecule has 3 atom stereocenters. The van der Waals surface area contributed by atoms with Gasteiger partial charge >= 0.3 is 0 Å². The van der Waals surface area contributed by atoms with Gasteiger partial charge in [0.25, 0.3) is 5.88 Å². The van der Waals surface area contributed by atoms with E-state index in [-0.39, 0.29) is 30.0 Å². The van der Waals surface area contributed by atoms with Crippen LogP contribution in [0.15, 0.2) is 24.4 Å². The summed E-state index contributed by atoms with van der Waals surface area (Å²) < 4.78 is 20.2. The maximum absolute atomic E-state index is 9.71. The molecule has 1 aliphatic heterocycles. The average Bonchev–Trinajstić information content (AvgIpc) is 3.06. The SMILES string of the molecule is Cc1ccc2c(c1)[C@@H](C)Oc1nc(cnc1N)-c1c(nn(C)c1C#N)OC1CCC1O2. The minimum absolute atomic E-state index is 0.130. The van der Waals surface area contributed by atoms with E-state index in [1.54, 1.807) is 7.05 Å². The maximum Gasteiger partial charge on any atom is 0.258 e. The van der Waals surface area contributed by atoms with Gasteiger partial charge in [-0.3, -0.25) is 4.68 Å². The summed E-state index contributed by atoms with van der Waals surface area (Å²) in [6.45, 7) is 3.93. The summed E-state index contributed by atoms with van der Waals surface area (Å²) in [5.41, 5.74) is 9.24. The lowest BCUT2D eigenvalue weighted by molar-refractivity contribution is -0.0230. The van der Waals surface area contributed by atoms with Gasteiger partial charge in [-0.1, -0.05) is 11.6 Å². The van der Waals surface area contributed by atoms with E-state index in [1.165, 1.54) is 10.9 Å². The lowest BCUT2D eigenvalue weighted by Crippen LogP contribution is -2.45. The van der Waals surface area contributed by atoms with Crippen molar-refractivity contribution in [2.24, 2.45) is 7.05 Å². The average molecular weight is 418 g/mol. The standard InChI is InChI=1S/C22H22N6O3/c1-11-4-5-16-13(8-11)12(2)29-22-20(24)25-10-14(26-22)19-15(9-23)28(3)27-21(19)31-18-7-6-17(18)30-16/h4-5,8,10,12,17-18H,6-7H2,1-3H3,(H2,24,25)/t12-,17?,18?/m1/s1. The Labute approximate surface area is 179 Å². The fourth-order valence-electron chi connectivity index (χ4n) is 3.87. The first kappa shape index (κ1) is 19.2. The molecule has 1 aliphatic carbocycles. The summed E-state index contributed by atoms with van der Waals surface area (Å²) in [4.78, 5) is 8.82. The minimum Gasteiger partial charge on any atom is -0.486 e. The Kier molecular flexibility index (Phi) is 4.43. The molecule has 0 spiro atoms. The molecule has 0 saturated heterocycles. The zero-order valence-electron chi connectivity index (χ0n) is 17.5. The van der Waals surface area contributed by atoms with E-state index < -0.39 is 0 Å². The molecule has 2 N–H and O–H groups in total. The number of aromatic nitrogens is 4. The molecule has 1 aromatic carbocycles. The van der Waals surface area contributed by atoms with Gasteiger partial charge in [0.1, 0.15) is 41.4 Å².